The molecule has 0 bridgehead atoms. The van der Waals surface area contributed by atoms with Gasteiger partial charge in [0, 0.05) is 0 Å². The van der Waals surface area contributed by atoms with Crippen molar-refractivity contribution in [2.24, 2.45) is 0 Å². The van der Waals surface area contributed by atoms with Crippen LogP contribution in [0.5, 0.6) is 0 Å². The molecule has 11 heavy (non-hydrogen) atoms. The Bertz CT molecular complexity index is 374. The molecule has 2 N–H and O–H groups in total. The zero-order valence-corrected chi connectivity index (χ0v) is 9.14. The Balaban J connectivity index is 0. The molecule has 0 aliphatic rings. The molecule has 1 rings (SSSR count). The summed E-state index contributed by atoms with van der Waals surface area (Å²) in [5, 5.41) is 0. The molecule has 0 saturated carbocycles. The van der Waals surface area contributed by atoms with Crippen LogP contribution in [0.3, 0.4) is 0 Å². The second-order valence-electron chi connectivity index (χ2n) is 1.47. The standard InChI is InChI=1S/C3H2BrN3O3.Na.H/c4-7-2(9)5-1(8)6-3(7)10;;/h(H2,5,6,8,9,10);;/q;+1;-1. The van der Waals surface area contributed by atoms with Crippen LogP contribution in [0.1, 0.15) is 1.43 Å². The van der Waals surface area contributed by atoms with E-state index < -0.39 is 17.1 Å². The number of nitrogens with zero attached hydrogens (tertiary/aromatic N) is 1. The third-order valence-electron chi connectivity index (χ3n) is 0.798. The predicted octanol–water partition coefficient (Wildman–Crippen LogP) is -4.50. The molecular weight excluding hydrogens is 229 g/mol. The maximum atomic E-state index is 10.5. The summed E-state index contributed by atoms with van der Waals surface area (Å²) in [6, 6.07) is 0. The zero-order chi connectivity index (χ0) is 7.72. The molecule has 6 nitrogen and oxygen atoms in total. The molecule has 0 saturated heterocycles. The molecule has 0 aliphatic heterocycles. The van der Waals surface area contributed by atoms with E-state index in [1.807, 2.05) is 9.97 Å². The van der Waals surface area contributed by atoms with E-state index in [2.05, 4.69) is 16.1 Å². The molecule has 0 unspecified atom stereocenters. The molecule has 0 spiro atoms. The first kappa shape index (κ1) is 10.9. The average molecular weight is 232 g/mol. The van der Waals surface area contributed by atoms with Crippen LogP contribution in [0.4, 0.5) is 0 Å². The van der Waals surface area contributed by atoms with Gasteiger partial charge in [-0.1, -0.05) is 0 Å². The van der Waals surface area contributed by atoms with Crippen molar-refractivity contribution < 1.29 is 31.0 Å². The van der Waals surface area contributed by atoms with Crippen molar-refractivity contribution in [2.45, 2.75) is 0 Å². The Hall–Kier alpha value is -0.110. The van der Waals surface area contributed by atoms with E-state index in [1.165, 1.54) is 0 Å². The van der Waals surface area contributed by atoms with Gasteiger partial charge in [-0.3, -0.25) is 9.97 Å². The average Bonchev–Trinajstić information content (AvgIpc) is 1.82. The minimum atomic E-state index is -0.814. The van der Waals surface area contributed by atoms with Crippen LogP contribution in [0, 0.1) is 0 Å². The second kappa shape index (κ2) is 4.05. The number of aromatic nitrogens is 3. The van der Waals surface area contributed by atoms with Crippen LogP contribution >= 0.6 is 16.1 Å². The van der Waals surface area contributed by atoms with Crippen LogP contribution in [0.2, 0.25) is 0 Å². The number of hydrogen-bond acceptors (Lipinski definition) is 3. The third kappa shape index (κ3) is 2.44. The summed E-state index contributed by atoms with van der Waals surface area (Å²) in [6.45, 7) is 0. The van der Waals surface area contributed by atoms with Crippen molar-refractivity contribution >= 4 is 16.1 Å². The van der Waals surface area contributed by atoms with Crippen LogP contribution in [-0.2, 0) is 0 Å². The van der Waals surface area contributed by atoms with Crippen molar-refractivity contribution in [3.05, 3.63) is 31.5 Å². The van der Waals surface area contributed by atoms with E-state index in [9.17, 15) is 14.4 Å². The fourth-order valence-corrected chi connectivity index (χ4v) is 0.593. The van der Waals surface area contributed by atoms with Gasteiger partial charge in [-0.05, 0) is 0 Å². The van der Waals surface area contributed by atoms with Crippen molar-refractivity contribution in [3.63, 3.8) is 0 Å². The number of halogens is 1. The summed E-state index contributed by atoms with van der Waals surface area (Å²) in [6.07, 6.45) is 0. The van der Waals surface area contributed by atoms with Gasteiger partial charge < -0.3 is 1.43 Å². The van der Waals surface area contributed by atoms with Gasteiger partial charge in [0.1, 0.15) is 0 Å². The molecule has 0 aliphatic carbocycles. The molecule has 1 aromatic rings. The summed E-state index contributed by atoms with van der Waals surface area (Å²) < 4.78 is 0.578. The number of H-pyrrole nitrogens is 2. The molecule has 0 atom stereocenters. The maximum Gasteiger partial charge on any atom is 1.00 e. The Kier molecular flexibility index (Phi) is 4.01. The Morgan fingerprint density at radius 1 is 1.18 bits per heavy atom. The van der Waals surface area contributed by atoms with E-state index in [0.29, 0.717) is 3.59 Å². The van der Waals surface area contributed by atoms with E-state index in [-0.39, 0.29) is 31.0 Å². The van der Waals surface area contributed by atoms with Crippen molar-refractivity contribution in [2.75, 3.05) is 0 Å². The topological polar surface area (TPSA) is 87.7 Å². The van der Waals surface area contributed by atoms with Crippen LogP contribution < -0.4 is 46.6 Å². The zero-order valence-electron chi connectivity index (χ0n) is 6.55. The van der Waals surface area contributed by atoms with Crippen LogP contribution in [0.25, 0.3) is 0 Å². The largest absolute Gasteiger partial charge is 1.00 e. The van der Waals surface area contributed by atoms with E-state index in [4.69, 9.17) is 0 Å². The molecule has 56 valence electrons. The minimum absolute atomic E-state index is 0. The van der Waals surface area contributed by atoms with E-state index >= 15 is 0 Å². The first-order valence-corrected chi connectivity index (χ1v) is 2.94. The monoisotopic (exact) mass is 231 g/mol. The normalized spacial score (nSPS) is 8.82. The SMILES string of the molecule is O=c1[nH]c(=O)n(Br)c(=O)[nH]1.[H-].[Na+]. The van der Waals surface area contributed by atoms with Gasteiger partial charge in [-0.2, -0.15) is 3.59 Å². The maximum absolute atomic E-state index is 10.5. The summed E-state index contributed by atoms with van der Waals surface area (Å²) in [5.41, 5.74) is -2.41. The first-order valence-electron chi connectivity index (χ1n) is 2.23. The van der Waals surface area contributed by atoms with Crippen LogP contribution in [-0.4, -0.2) is 13.6 Å². The molecule has 1 heterocycles. The predicted molar refractivity (Wildman–Crippen MR) is 37.4 cm³/mol. The number of hydrogen-bond donors (Lipinski definition) is 2. The molecular formula is C3H3BrN3NaO3. The summed E-state index contributed by atoms with van der Waals surface area (Å²) in [7, 11) is 0. The van der Waals surface area contributed by atoms with Gasteiger partial charge in [0.25, 0.3) is 0 Å². The number of rotatable bonds is 0. The van der Waals surface area contributed by atoms with Crippen molar-refractivity contribution in [1.82, 2.24) is 13.6 Å². The van der Waals surface area contributed by atoms with Gasteiger partial charge in [-0.25, -0.2) is 14.4 Å². The van der Waals surface area contributed by atoms with E-state index in [0.717, 1.165) is 0 Å². The summed E-state index contributed by atoms with van der Waals surface area (Å²) in [4.78, 5) is 35.0. The fraction of sp³-hybridized carbons (Fsp3) is 0. The molecule has 0 radical (unpaired) electrons. The summed E-state index contributed by atoms with van der Waals surface area (Å²) >= 11 is 2.60. The smallest absolute Gasteiger partial charge is 1.00 e. The Morgan fingerprint density at radius 3 is 1.91 bits per heavy atom. The fourth-order valence-electron chi connectivity index (χ4n) is 0.416. The van der Waals surface area contributed by atoms with Gasteiger partial charge in [0.15, 0.2) is 0 Å². The quantitative estimate of drug-likeness (QED) is 0.442. The molecule has 8 heteroatoms. The van der Waals surface area contributed by atoms with E-state index in [1.54, 1.807) is 0 Å². The molecule has 1 aromatic heterocycles. The summed E-state index contributed by atoms with van der Waals surface area (Å²) in [5.74, 6) is 0. The van der Waals surface area contributed by atoms with Crippen molar-refractivity contribution in [1.29, 1.82) is 0 Å². The van der Waals surface area contributed by atoms with Gasteiger partial charge in [-0.15, -0.1) is 0 Å². The third-order valence-corrected chi connectivity index (χ3v) is 1.44. The minimum Gasteiger partial charge on any atom is -1.00 e. The Labute approximate surface area is 91.8 Å². The van der Waals surface area contributed by atoms with Gasteiger partial charge in [0.05, 0.1) is 16.1 Å². The Morgan fingerprint density at radius 2 is 1.55 bits per heavy atom. The van der Waals surface area contributed by atoms with Gasteiger partial charge >= 0.3 is 46.6 Å². The van der Waals surface area contributed by atoms with Gasteiger partial charge in [0.2, 0.25) is 0 Å². The number of aromatic amines is 2. The van der Waals surface area contributed by atoms with Crippen molar-refractivity contribution in [3.8, 4) is 0 Å². The molecule has 0 fully saturated rings. The van der Waals surface area contributed by atoms with Crippen LogP contribution in [0.15, 0.2) is 14.4 Å². The first-order chi connectivity index (χ1) is 4.61. The molecule has 0 amide bonds. The second-order valence-corrected chi connectivity index (χ2v) is 2.18. The molecule has 0 aromatic carbocycles. The number of nitrogens with one attached hydrogen (secondary N) is 2.